The molecule has 94 valence electrons. The highest BCUT2D eigenvalue weighted by Gasteiger charge is 2.27. The van der Waals surface area contributed by atoms with Crippen LogP contribution in [0.15, 0.2) is 0 Å². The monoisotopic (exact) mass is 244 g/mol. The number of hydrogen-bond acceptors (Lipinski definition) is 1. The van der Waals surface area contributed by atoms with Crippen LogP contribution in [0.3, 0.4) is 0 Å². The second kappa shape index (κ2) is 6.26. The van der Waals surface area contributed by atoms with E-state index in [9.17, 15) is 0 Å². The number of hydrogen-bond donors (Lipinski definition) is 0. The Kier molecular flexibility index (Phi) is 4.97. The summed E-state index contributed by atoms with van der Waals surface area (Å²) in [7, 11) is 0. The van der Waals surface area contributed by atoms with E-state index in [1.165, 1.54) is 51.4 Å². The van der Waals surface area contributed by atoms with Crippen molar-refractivity contribution in [1.82, 2.24) is 0 Å². The largest absolute Gasteiger partial charge is 0.378 e. The lowest BCUT2D eigenvalue weighted by Crippen LogP contribution is -2.24. The maximum Gasteiger partial charge on any atom is 0.0576 e. The summed E-state index contributed by atoms with van der Waals surface area (Å²) in [6.07, 6.45) is 10.9. The molecular formula is C14H25ClO. The number of ether oxygens (including phenoxy) is 1. The molecule has 1 saturated carbocycles. The van der Waals surface area contributed by atoms with E-state index in [1.807, 2.05) is 0 Å². The molecule has 0 spiro atoms. The molecule has 0 amide bonds. The molecule has 0 aromatic carbocycles. The molecule has 4 atom stereocenters. The predicted octanol–water partition coefficient (Wildman–Crippen LogP) is 4.38. The zero-order valence-corrected chi connectivity index (χ0v) is 11.2. The molecule has 1 aliphatic carbocycles. The van der Waals surface area contributed by atoms with Gasteiger partial charge in [0.2, 0.25) is 0 Å². The van der Waals surface area contributed by atoms with Gasteiger partial charge in [0.1, 0.15) is 0 Å². The number of halogens is 1. The van der Waals surface area contributed by atoms with Crippen molar-refractivity contribution >= 4 is 11.6 Å². The van der Waals surface area contributed by atoms with E-state index in [1.54, 1.807) is 0 Å². The van der Waals surface area contributed by atoms with E-state index in [-0.39, 0.29) is 0 Å². The van der Waals surface area contributed by atoms with Gasteiger partial charge in [0.25, 0.3) is 0 Å². The van der Waals surface area contributed by atoms with Crippen molar-refractivity contribution in [2.45, 2.75) is 69.8 Å². The zero-order valence-electron chi connectivity index (χ0n) is 10.5. The van der Waals surface area contributed by atoms with E-state index in [0.717, 1.165) is 18.4 Å². The molecule has 0 aromatic heterocycles. The van der Waals surface area contributed by atoms with Gasteiger partial charge in [0.05, 0.1) is 6.10 Å². The van der Waals surface area contributed by atoms with E-state index >= 15 is 0 Å². The Hall–Kier alpha value is 0.250. The molecule has 2 rings (SSSR count). The lowest BCUT2D eigenvalue weighted by Gasteiger charge is -2.31. The zero-order chi connectivity index (χ0) is 11.4. The van der Waals surface area contributed by atoms with Crippen LogP contribution in [0.2, 0.25) is 0 Å². The summed E-state index contributed by atoms with van der Waals surface area (Å²) in [4.78, 5) is 0. The fourth-order valence-corrected chi connectivity index (χ4v) is 3.60. The lowest BCUT2D eigenvalue weighted by atomic mass is 9.79. The first kappa shape index (κ1) is 12.7. The second-order valence-electron chi connectivity index (χ2n) is 5.76. The number of alkyl halides is 1. The minimum absolute atomic E-state index is 0.445. The smallest absolute Gasteiger partial charge is 0.0576 e. The lowest BCUT2D eigenvalue weighted by molar-refractivity contribution is 0.0995. The molecule has 0 N–H and O–H groups in total. The molecule has 2 aliphatic rings. The maximum absolute atomic E-state index is 6.41. The Morgan fingerprint density at radius 1 is 1.19 bits per heavy atom. The summed E-state index contributed by atoms with van der Waals surface area (Å²) in [5.74, 6) is 1.66. The Morgan fingerprint density at radius 3 is 2.81 bits per heavy atom. The molecule has 1 aliphatic heterocycles. The Bertz CT molecular complexity index is 201. The molecule has 1 saturated heterocycles. The third kappa shape index (κ3) is 3.63. The van der Waals surface area contributed by atoms with Crippen molar-refractivity contribution in [2.24, 2.45) is 11.8 Å². The van der Waals surface area contributed by atoms with Gasteiger partial charge < -0.3 is 4.74 Å². The summed E-state index contributed by atoms with van der Waals surface area (Å²) in [6.45, 7) is 3.36. The van der Waals surface area contributed by atoms with Gasteiger partial charge in [-0.25, -0.2) is 0 Å². The van der Waals surface area contributed by atoms with E-state index in [0.29, 0.717) is 11.5 Å². The van der Waals surface area contributed by atoms with Gasteiger partial charge in [-0.05, 0) is 56.8 Å². The molecule has 0 radical (unpaired) electrons. The van der Waals surface area contributed by atoms with Gasteiger partial charge in [-0.3, -0.25) is 0 Å². The summed E-state index contributed by atoms with van der Waals surface area (Å²) >= 11 is 6.41. The summed E-state index contributed by atoms with van der Waals surface area (Å²) in [5.41, 5.74) is 0. The normalized spacial score (nSPS) is 40.1. The molecule has 2 fully saturated rings. The number of rotatable bonds is 4. The molecule has 0 bridgehead atoms. The van der Waals surface area contributed by atoms with Crippen molar-refractivity contribution in [3.63, 3.8) is 0 Å². The molecular weight excluding hydrogens is 220 g/mol. The van der Waals surface area contributed by atoms with Crippen molar-refractivity contribution in [3.05, 3.63) is 0 Å². The average Bonchev–Trinajstić information content (AvgIpc) is 2.76. The van der Waals surface area contributed by atoms with Crippen LogP contribution in [0.1, 0.15) is 58.3 Å². The van der Waals surface area contributed by atoms with E-state index in [4.69, 9.17) is 16.3 Å². The average molecular weight is 245 g/mol. The van der Waals surface area contributed by atoms with Crippen molar-refractivity contribution < 1.29 is 4.74 Å². The van der Waals surface area contributed by atoms with Crippen LogP contribution in [0, 0.1) is 11.8 Å². The van der Waals surface area contributed by atoms with Gasteiger partial charge in [-0.1, -0.05) is 13.3 Å². The van der Waals surface area contributed by atoms with Gasteiger partial charge in [0, 0.05) is 12.0 Å². The van der Waals surface area contributed by atoms with Crippen molar-refractivity contribution in [3.8, 4) is 0 Å². The third-order valence-corrected chi connectivity index (χ3v) is 4.85. The highest BCUT2D eigenvalue weighted by molar-refractivity contribution is 6.20. The summed E-state index contributed by atoms with van der Waals surface area (Å²) < 4.78 is 5.66. The molecule has 1 nitrogen and oxygen atoms in total. The van der Waals surface area contributed by atoms with Gasteiger partial charge >= 0.3 is 0 Å². The highest BCUT2D eigenvalue weighted by atomic mass is 35.5. The fraction of sp³-hybridized carbons (Fsp3) is 1.00. The molecule has 2 heteroatoms. The SMILES string of the molecule is CC1CCC(Cl)C(CCCC2CCCO2)C1. The minimum atomic E-state index is 0.445. The van der Waals surface area contributed by atoms with Gasteiger partial charge in [0.15, 0.2) is 0 Å². The quantitative estimate of drug-likeness (QED) is 0.667. The first-order valence-electron chi connectivity index (χ1n) is 7.01. The standard InChI is InChI=1S/C14H25ClO/c1-11-7-8-14(15)12(10-11)4-2-5-13-6-3-9-16-13/h11-14H,2-10H2,1H3. The topological polar surface area (TPSA) is 9.23 Å². The minimum Gasteiger partial charge on any atom is -0.378 e. The first-order valence-corrected chi connectivity index (χ1v) is 7.45. The predicted molar refractivity (Wildman–Crippen MR) is 69.0 cm³/mol. The van der Waals surface area contributed by atoms with E-state index < -0.39 is 0 Å². The van der Waals surface area contributed by atoms with Crippen LogP contribution in [0.4, 0.5) is 0 Å². The molecule has 1 heterocycles. The highest BCUT2D eigenvalue weighted by Crippen LogP contribution is 2.35. The molecule has 4 unspecified atom stereocenters. The Morgan fingerprint density at radius 2 is 2.06 bits per heavy atom. The van der Waals surface area contributed by atoms with Crippen molar-refractivity contribution in [2.75, 3.05) is 6.61 Å². The van der Waals surface area contributed by atoms with Gasteiger partial charge in [-0.15, -0.1) is 11.6 Å². The van der Waals surface area contributed by atoms with Crippen LogP contribution in [-0.2, 0) is 4.74 Å². The Labute approximate surface area is 105 Å². The van der Waals surface area contributed by atoms with Crippen LogP contribution in [-0.4, -0.2) is 18.1 Å². The molecule has 16 heavy (non-hydrogen) atoms. The fourth-order valence-electron chi connectivity index (χ4n) is 3.24. The van der Waals surface area contributed by atoms with Crippen molar-refractivity contribution in [1.29, 1.82) is 0 Å². The van der Waals surface area contributed by atoms with Crippen LogP contribution in [0.25, 0.3) is 0 Å². The first-order chi connectivity index (χ1) is 7.75. The molecule has 0 aromatic rings. The second-order valence-corrected chi connectivity index (χ2v) is 6.32. The van der Waals surface area contributed by atoms with Crippen LogP contribution in [0.5, 0.6) is 0 Å². The van der Waals surface area contributed by atoms with E-state index in [2.05, 4.69) is 6.92 Å². The van der Waals surface area contributed by atoms with Crippen LogP contribution < -0.4 is 0 Å². The van der Waals surface area contributed by atoms with Crippen LogP contribution >= 0.6 is 11.6 Å². The van der Waals surface area contributed by atoms with Gasteiger partial charge in [-0.2, -0.15) is 0 Å². The maximum atomic E-state index is 6.41. The summed E-state index contributed by atoms with van der Waals surface area (Å²) in [6, 6.07) is 0. The summed E-state index contributed by atoms with van der Waals surface area (Å²) in [5, 5.41) is 0.445. The third-order valence-electron chi connectivity index (χ3n) is 4.28. The Balaban J connectivity index is 1.63.